The topological polar surface area (TPSA) is 97.3 Å². The van der Waals surface area contributed by atoms with E-state index < -0.39 is 16.1 Å². The first-order valence-electron chi connectivity index (χ1n) is 8.69. The zero-order valence-corrected chi connectivity index (χ0v) is 17.8. The lowest BCUT2D eigenvalue weighted by Crippen LogP contribution is -2.39. The minimum atomic E-state index is -3.96. The van der Waals surface area contributed by atoms with Crippen LogP contribution in [0.3, 0.4) is 0 Å². The Morgan fingerprint density at radius 2 is 1.97 bits per heavy atom. The summed E-state index contributed by atoms with van der Waals surface area (Å²) in [6, 6.07) is 9.07. The van der Waals surface area contributed by atoms with Gasteiger partial charge in [0, 0.05) is 13.6 Å². The number of allylic oxidation sites excluding steroid dienone is 1. The van der Waals surface area contributed by atoms with Crippen molar-refractivity contribution >= 4 is 33.2 Å². The van der Waals surface area contributed by atoms with Crippen molar-refractivity contribution in [2.24, 2.45) is 4.40 Å². The highest BCUT2D eigenvalue weighted by atomic mass is 32.2. The lowest BCUT2D eigenvalue weighted by atomic mass is 10.1. The van der Waals surface area contributed by atoms with Crippen LogP contribution in [0.1, 0.15) is 10.4 Å². The van der Waals surface area contributed by atoms with Crippen LogP contribution in [0, 0.1) is 0 Å². The number of thiophene rings is 1. The van der Waals surface area contributed by atoms with E-state index in [0.717, 1.165) is 9.87 Å². The molecule has 0 bridgehead atoms. The van der Waals surface area contributed by atoms with Crippen LogP contribution in [0.5, 0.6) is 11.5 Å². The maximum Gasteiger partial charge on any atom is 0.345 e. The van der Waals surface area contributed by atoms with Crippen molar-refractivity contribution in [2.75, 3.05) is 27.8 Å². The van der Waals surface area contributed by atoms with Gasteiger partial charge in [-0.05, 0) is 41.6 Å². The maximum atomic E-state index is 12.6. The summed E-state index contributed by atoms with van der Waals surface area (Å²) in [6.45, 7) is 0.324. The van der Waals surface area contributed by atoms with E-state index in [1.54, 1.807) is 32.4 Å². The molecule has 1 aromatic carbocycles. The second-order valence-electron chi connectivity index (χ2n) is 6.12. The minimum absolute atomic E-state index is 0.0238. The number of hydrogen-bond acceptors (Lipinski definition) is 6. The van der Waals surface area contributed by atoms with Crippen LogP contribution in [0.25, 0.3) is 0 Å². The zero-order valence-electron chi connectivity index (χ0n) is 16.2. The number of methoxy groups -OCH3 is 2. The summed E-state index contributed by atoms with van der Waals surface area (Å²) < 4.78 is 39.8. The van der Waals surface area contributed by atoms with Crippen LogP contribution >= 0.6 is 11.3 Å². The normalized spacial score (nSPS) is 15.3. The fraction of sp³-hybridized carbons (Fsp3) is 0.263. The van der Waals surface area contributed by atoms with Gasteiger partial charge in [0.15, 0.2) is 11.5 Å². The van der Waals surface area contributed by atoms with Gasteiger partial charge in [0.05, 0.1) is 24.8 Å². The first-order chi connectivity index (χ1) is 13.9. The molecule has 1 amide bonds. The zero-order chi connectivity index (χ0) is 21.0. The first kappa shape index (κ1) is 20.9. The standard InChI is InChI=1S/C19H21N3O5S2/c1-22-15(12-14(21-29(22,24)25)18-5-4-10-28-18)19(23)20-9-8-13-6-7-16(26-2)17(11-13)27-3/h4-7,10-12H,8-9H2,1-3H3,(H,20,23). The third-order valence-electron chi connectivity index (χ3n) is 4.33. The van der Waals surface area contributed by atoms with Gasteiger partial charge in [-0.3, -0.25) is 4.79 Å². The molecular formula is C19H21N3O5S2. The second-order valence-corrected chi connectivity index (χ2v) is 8.70. The summed E-state index contributed by atoms with van der Waals surface area (Å²) in [5.41, 5.74) is 1.22. The van der Waals surface area contributed by atoms with Crippen LogP contribution < -0.4 is 14.8 Å². The van der Waals surface area contributed by atoms with Gasteiger partial charge in [-0.2, -0.15) is 8.42 Å². The molecule has 0 atom stereocenters. The number of benzene rings is 1. The predicted octanol–water partition coefficient (Wildman–Crippen LogP) is 1.99. The van der Waals surface area contributed by atoms with Crippen LogP contribution in [0.4, 0.5) is 0 Å². The average molecular weight is 436 g/mol. The van der Waals surface area contributed by atoms with E-state index in [-0.39, 0.29) is 11.4 Å². The van der Waals surface area contributed by atoms with Crippen LogP contribution in [-0.4, -0.2) is 52.2 Å². The summed E-state index contributed by atoms with van der Waals surface area (Å²) in [5.74, 6) is 0.745. The monoisotopic (exact) mass is 435 g/mol. The average Bonchev–Trinajstić information content (AvgIpc) is 3.24. The van der Waals surface area contributed by atoms with Gasteiger partial charge < -0.3 is 14.8 Å². The molecule has 0 saturated heterocycles. The van der Waals surface area contributed by atoms with E-state index in [0.29, 0.717) is 29.3 Å². The molecule has 8 nitrogen and oxygen atoms in total. The predicted molar refractivity (Wildman–Crippen MR) is 112 cm³/mol. The number of likely N-dealkylation sites (N-methyl/N-ethyl adjacent to an activating group) is 1. The largest absolute Gasteiger partial charge is 0.493 e. The lowest BCUT2D eigenvalue weighted by Gasteiger charge is -2.23. The summed E-state index contributed by atoms with van der Waals surface area (Å²) in [6.07, 6.45) is 2.03. The van der Waals surface area contributed by atoms with E-state index in [4.69, 9.17) is 9.47 Å². The van der Waals surface area contributed by atoms with Gasteiger partial charge in [0.1, 0.15) is 5.70 Å². The van der Waals surface area contributed by atoms with Crippen LogP contribution in [0.15, 0.2) is 51.9 Å². The highest BCUT2D eigenvalue weighted by molar-refractivity contribution is 7.88. The van der Waals surface area contributed by atoms with Gasteiger partial charge >= 0.3 is 10.2 Å². The Kier molecular flexibility index (Phi) is 6.23. The fourth-order valence-electron chi connectivity index (χ4n) is 2.75. The van der Waals surface area contributed by atoms with E-state index >= 15 is 0 Å². The molecule has 1 aliphatic heterocycles. The third kappa shape index (κ3) is 4.60. The van der Waals surface area contributed by atoms with E-state index in [9.17, 15) is 13.2 Å². The van der Waals surface area contributed by atoms with Gasteiger partial charge in [0.25, 0.3) is 5.91 Å². The number of nitrogens with zero attached hydrogens (tertiary/aromatic N) is 2. The molecule has 1 aromatic heterocycles. The summed E-state index contributed by atoms with van der Waals surface area (Å²) in [5, 5.41) is 4.58. The molecule has 0 spiro atoms. The van der Waals surface area contributed by atoms with Crippen LogP contribution in [0.2, 0.25) is 0 Å². The molecular weight excluding hydrogens is 414 g/mol. The van der Waals surface area contributed by atoms with Gasteiger partial charge in [0.2, 0.25) is 0 Å². The van der Waals surface area contributed by atoms with Crippen molar-refractivity contribution in [1.29, 1.82) is 0 Å². The van der Waals surface area contributed by atoms with Gasteiger partial charge in [-0.1, -0.05) is 12.1 Å². The minimum Gasteiger partial charge on any atom is -0.493 e. The summed E-state index contributed by atoms with van der Waals surface area (Å²) in [7, 11) is 0.474. The molecule has 154 valence electrons. The van der Waals surface area contributed by atoms with Gasteiger partial charge in [-0.15, -0.1) is 15.7 Å². The Labute approximate surface area is 173 Å². The first-order valence-corrected chi connectivity index (χ1v) is 11.0. The number of rotatable bonds is 7. The van der Waals surface area contributed by atoms with Gasteiger partial charge in [-0.25, -0.2) is 4.31 Å². The molecule has 0 unspecified atom stereocenters. The van der Waals surface area contributed by atoms with Crippen molar-refractivity contribution < 1.29 is 22.7 Å². The molecule has 0 saturated carbocycles. The smallest absolute Gasteiger partial charge is 0.345 e. The van der Waals surface area contributed by atoms with Crippen molar-refractivity contribution in [2.45, 2.75) is 6.42 Å². The fourth-order valence-corrected chi connectivity index (χ4v) is 4.40. The number of hydrogen-bond donors (Lipinski definition) is 1. The molecule has 0 fully saturated rings. The Hall–Kier alpha value is -2.85. The summed E-state index contributed by atoms with van der Waals surface area (Å²) in [4.78, 5) is 13.3. The van der Waals surface area contributed by atoms with E-state index in [1.807, 2.05) is 17.5 Å². The van der Waals surface area contributed by atoms with Crippen molar-refractivity contribution in [3.63, 3.8) is 0 Å². The molecule has 1 N–H and O–H groups in total. The van der Waals surface area contributed by atoms with Crippen molar-refractivity contribution in [1.82, 2.24) is 9.62 Å². The molecule has 1 aliphatic rings. The third-order valence-corrected chi connectivity index (χ3v) is 6.53. The Morgan fingerprint density at radius 1 is 1.21 bits per heavy atom. The maximum absolute atomic E-state index is 12.6. The Balaban J connectivity index is 1.71. The van der Waals surface area contributed by atoms with Crippen molar-refractivity contribution in [3.8, 4) is 11.5 Å². The molecule has 10 heteroatoms. The second kappa shape index (κ2) is 8.66. The highest BCUT2D eigenvalue weighted by Crippen LogP contribution is 2.27. The number of carbonyl (C=O) groups excluding carboxylic acids is 1. The molecule has 0 radical (unpaired) electrons. The lowest BCUT2D eigenvalue weighted by molar-refractivity contribution is -0.118. The highest BCUT2D eigenvalue weighted by Gasteiger charge is 2.30. The SMILES string of the molecule is COc1ccc(CCNC(=O)C2=CC(c3cccs3)=NS(=O)(=O)N2C)cc1OC. The summed E-state index contributed by atoms with van der Waals surface area (Å²) >= 11 is 1.35. The van der Waals surface area contributed by atoms with Crippen molar-refractivity contribution in [3.05, 3.63) is 57.9 Å². The molecule has 3 rings (SSSR count). The number of carbonyl (C=O) groups is 1. The number of amides is 1. The molecule has 2 aromatic rings. The Morgan fingerprint density at radius 3 is 2.62 bits per heavy atom. The molecule has 0 aliphatic carbocycles. The molecule has 29 heavy (non-hydrogen) atoms. The van der Waals surface area contributed by atoms with Crippen LogP contribution in [-0.2, 0) is 21.4 Å². The van der Waals surface area contributed by atoms with E-state index in [2.05, 4.69) is 9.71 Å². The van der Waals surface area contributed by atoms with E-state index in [1.165, 1.54) is 24.5 Å². The molecule has 2 heterocycles. The quantitative estimate of drug-likeness (QED) is 0.717. The Bertz CT molecular complexity index is 1060. The number of ether oxygens (including phenoxy) is 2. The number of nitrogens with one attached hydrogen (secondary N) is 1.